The number of anilines is 2. The molecule has 0 aliphatic carbocycles. The zero-order valence-corrected chi connectivity index (χ0v) is 16.9. The van der Waals surface area contributed by atoms with E-state index < -0.39 is 0 Å². The standard InChI is InChI=1S/C25H25N3O2/c1-30-24-9-5-2-6-18(24)14-15-26-20-10-12-21(13-11-20)28-25(29)16-19-17-27-23-8-4-3-7-22(19)23/h2-13,17,26-27H,14-16H2,1H3,(H,28,29). The van der Waals surface area contributed by atoms with E-state index in [9.17, 15) is 4.79 Å². The third kappa shape index (κ3) is 4.63. The Morgan fingerprint density at radius 2 is 1.63 bits per heavy atom. The molecule has 30 heavy (non-hydrogen) atoms. The fourth-order valence-electron chi connectivity index (χ4n) is 3.58. The van der Waals surface area contributed by atoms with Gasteiger partial charge in [0, 0.05) is 35.0 Å². The molecule has 152 valence electrons. The Kier molecular flexibility index (Phi) is 5.99. The minimum Gasteiger partial charge on any atom is -0.496 e. The lowest BCUT2D eigenvalue weighted by atomic mass is 10.1. The number of carbonyl (C=O) groups is 1. The number of H-pyrrole nitrogens is 1. The number of amides is 1. The quantitative estimate of drug-likeness (QED) is 0.390. The Morgan fingerprint density at radius 3 is 2.47 bits per heavy atom. The lowest BCUT2D eigenvalue weighted by Gasteiger charge is -2.11. The second-order valence-corrected chi connectivity index (χ2v) is 7.15. The number of fused-ring (bicyclic) bond motifs is 1. The summed E-state index contributed by atoms with van der Waals surface area (Å²) in [6, 6.07) is 23.8. The number of hydrogen-bond donors (Lipinski definition) is 3. The number of methoxy groups -OCH3 is 1. The maximum absolute atomic E-state index is 12.4. The minimum atomic E-state index is -0.0309. The van der Waals surface area contributed by atoms with Gasteiger partial charge in [-0.05, 0) is 53.9 Å². The minimum absolute atomic E-state index is 0.0309. The first-order valence-electron chi connectivity index (χ1n) is 10.0. The molecule has 3 aromatic carbocycles. The predicted octanol–water partition coefficient (Wildman–Crippen LogP) is 5.01. The van der Waals surface area contributed by atoms with E-state index >= 15 is 0 Å². The largest absolute Gasteiger partial charge is 0.496 e. The van der Waals surface area contributed by atoms with Crippen LogP contribution >= 0.6 is 0 Å². The van der Waals surface area contributed by atoms with E-state index in [0.29, 0.717) is 6.42 Å². The third-order valence-corrected chi connectivity index (χ3v) is 5.11. The van der Waals surface area contributed by atoms with Gasteiger partial charge in [0.15, 0.2) is 0 Å². The highest BCUT2D eigenvalue weighted by atomic mass is 16.5. The van der Waals surface area contributed by atoms with Crippen LogP contribution in [-0.2, 0) is 17.6 Å². The molecule has 1 heterocycles. The van der Waals surface area contributed by atoms with Crippen molar-refractivity contribution in [1.82, 2.24) is 4.98 Å². The molecule has 0 unspecified atom stereocenters. The molecule has 0 saturated carbocycles. The molecular weight excluding hydrogens is 374 g/mol. The number of rotatable bonds is 8. The summed E-state index contributed by atoms with van der Waals surface area (Å²) in [4.78, 5) is 15.7. The Morgan fingerprint density at radius 1 is 0.900 bits per heavy atom. The van der Waals surface area contributed by atoms with Gasteiger partial charge in [0.2, 0.25) is 5.91 Å². The first kappa shape index (κ1) is 19.6. The molecule has 0 aliphatic rings. The van der Waals surface area contributed by atoms with Crippen LogP contribution in [0.1, 0.15) is 11.1 Å². The molecule has 4 aromatic rings. The van der Waals surface area contributed by atoms with Crippen LogP contribution in [-0.4, -0.2) is 24.5 Å². The number of para-hydroxylation sites is 2. The molecule has 0 radical (unpaired) electrons. The van der Waals surface area contributed by atoms with Gasteiger partial charge < -0.3 is 20.4 Å². The summed E-state index contributed by atoms with van der Waals surface area (Å²) in [6.07, 6.45) is 3.11. The van der Waals surface area contributed by atoms with Crippen LogP contribution in [0.5, 0.6) is 5.75 Å². The van der Waals surface area contributed by atoms with Crippen molar-refractivity contribution in [2.75, 3.05) is 24.3 Å². The number of ether oxygens (including phenoxy) is 1. The Balaban J connectivity index is 1.29. The summed E-state index contributed by atoms with van der Waals surface area (Å²) < 4.78 is 5.39. The van der Waals surface area contributed by atoms with E-state index in [1.807, 2.05) is 72.9 Å². The number of aromatic amines is 1. The van der Waals surface area contributed by atoms with Gasteiger partial charge in [-0.15, -0.1) is 0 Å². The highest BCUT2D eigenvalue weighted by molar-refractivity contribution is 5.95. The van der Waals surface area contributed by atoms with Crippen molar-refractivity contribution in [2.24, 2.45) is 0 Å². The summed E-state index contributed by atoms with van der Waals surface area (Å²) in [5.41, 5.74) is 5.02. The van der Waals surface area contributed by atoms with E-state index in [4.69, 9.17) is 4.74 Å². The van der Waals surface area contributed by atoms with Gasteiger partial charge in [0.25, 0.3) is 0 Å². The number of benzene rings is 3. The molecule has 5 heteroatoms. The molecule has 0 spiro atoms. The lowest BCUT2D eigenvalue weighted by molar-refractivity contribution is -0.115. The second kappa shape index (κ2) is 9.18. The van der Waals surface area contributed by atoms with Crippen molar-refractivity contribution < 1.29 is 9.53 Å². The van der Waals surface area contributed by atoms with E-state index in [2.05, 4.69) is 21.7 Å². The van der Waals surface area contributed by atoms with Gasteiger partial charge in [0.1, 0.15) is 5.75 Å². The van der Waals surface area contributed by atoms with Gasteiger partial charge in [-0.2, -0.15) is 0 Å². The second-order valence-electron chi connectivity index (χ2n) is 7.15. The Labute approximate surface area is 176 Å². The molecule has 5 nitrogen and oxygen atoms in total. The topological polar surface area (TPSA) is 66.2 Å². The van der Waals surface area contributed by atoms with Crippen molar-refractivity contribution in [3.63, 3.8) is 0 Å². The Hall–Kier alpha value is -3.73. The molecule has 1 amide bonds. The first-order chi connectivity index (χ1) is 14.7. The molecule has 0 saturated heterocycles. The molecular formula is C25H25N3O2. The zero-order valence-electron chi connectivity index (χ0n) is 16.9. The van der Waals surface area contributed by atoms with Gasteiger partial charge >= 0.3 is 0 Å². The smallest absolute Gasteiger partial charge is 0.228 e. The first-order valence-corrected chi connectivity index (χ1v) is 10.0. The molecule has 0 fully saturated rings. The molecule has 0 aliphatic heterocycles. The summed E-state index contributed by atoms with van der Waals surface area (Å²) in [7, 11) is 1.69. The predicted molar refractivity (Wildman–Crippen MR) is 122 cm³/mol. The third-order valence-electron chi connectivity index (χ3n) is 5.11. The van der Waals surface area contributed by atoms with Crippen LogP contribution in [0.25, 0.3) is 10.9 Å². The van der Waals surface area contributed by atoms with Crippen molar-refractivity contribution in [3.8, 4) is 5.75 Å². The van der Waals surface area contributed by atoms with Gasteiger partial charge in [-0.1, -0.05) is 36.4 Å². The number of carbonyl (C=O) groups excluding carboxylic acids is 1. The van der Waals surface area contributed by atoms with Crippen LogP contribution in [0, 0.1) is 0 Å². The maximum Gasteiger partial charge on any atom is 0.228 e. The number of nitrogens with one attached hydrogen (secondary N) is 3. The zero-order chi connectivity index (χ0) is 20.8. The van der Waals surface area contributed by atoms with Gasteiger partial charge in [-0.25, -0.2) is 0 Å². The molecule has 1 aromatic heterocycles. The van der Waals surface area contributed by atoms with Crippen LogP contribution in [0.15, 0.2) is 79.0 Å². The van der Waals surface area contributed by atoms with Crippen LogP contribution in [0.4, 0.5) is 11.4 Å². The molecule has 3 N–H and O–H groups in total. The summed E-state index contributed by atoms with van der Waals surface area (Å²) in [6.45, 7) is 0.798. The SMILES string of the molecule is COc1ccccc1CCNc1ccc(NC(=O)Cc2c[nH]c3ccccc23)cc1. The molecule has 4 rings (SSSR count). The lowest BCUT2D eigenvalue weighted by Crippen LogP contribution is -2.14. The average molecular weight is 399 g/mol. The van der Waals surface area contributed by atoms with Gasteiger partial charge in [-0.3, -0.25) is 4.79 Å². The van der Waals surface area contributed by atoms with E-state index in [-0.39, 0.29) is 5.91 Å². The maximum atomic E-state index is 12.4. The van der Waals surface area contributed by atoms with Crippen molar-refractivity contribution in [3.05, 3.63) is 90.1 Å². The molecule has 0 bridgehead atoms. The Bertz CT molecular complexity index is 1130. The van der Waals surface area contributed by atoms with Crippen molar-refractivity contribution >= 4 is 28.2 Å². The highest BCUT2D eigenvalue weighted by Crippen LogP contribution is 2.20. The van der Waals surface area contributed by atoms with E-state index in [0.717, 1.165) is 46.6 Å². The van der Waals surface area contributed by atoms with Crippen LogP contribution < -0.4 is 15.4 Å². The summed E-state index contributed by atoms with van der Waals surface area (Å²) in [5, 5.41) is 7.47. The normalized spacial score (nSPS) is 10.7. The average Bonchev–Trinajstić information content (AvgIpc) is 3.18. The number of hydrogen-bond acceptors (Lipinski definition) is 3. The molecule has 0 atom stereocenters. The van der Waals surface area contributed by atoms with Crippen LogP contribution in [0.3, 0.4) is 0 Å². The van der Waals surface area contributed by atoms with Gasteiger partial charge in [0.05, 0.1) is 13.5 Å². The fourth-order valence-corrected chi connectivity index (χ4v) is 3.58. The summed E-state index contributed by atoms with van der Waals surface area (Å²) in [5.74, 6) is 0.879. The van der Waals surface area contributed by atoms with Crippen molar-refractivity contribution in [1.29, 1.82) is 0 Å². The fraction of sp³-hybridized carbons (Fsp3) is 0.160. The number of aromatic nitrogens is 1. The highest BCUT2D eigenvalue weighted by Gasteiger charge is 2.09. The van der Waals surface area contributed by atoms with E-state index in [1.54, 1.807) is 7.11 Å². The van der Waals surface area contributed by atoms with E-state index in [1.165, 1.54) is 5.56 Å². The summed E-state index contributed by atoms with van der Waals surface area (Å²) >= 11 is 0. The van der Waals surface area contributed by atoms with Crippen molar-refractivity contribution in [2.45, 2.75) is 12.8 Å². The monoisotopic (exact) mass is 399 g/mol. The van der Waals surface area contributed by atoms with Crippen LogP contribution in [0.2, 0.25) is 0 Å².